The smallest absolute Gasteiger partial charge is 0.325 e. The number of nitrogens with zero attached hydrogens (tertiary/aromatic N) is 3. The fourth-order valence-corrected chi connectivity index (χ4v) is 4.04. The van der Waals surface area contributed by atoms with Crippen molar-refractivity contribution in [3.8, 4) is 0 Å². The SMILES string of the molecule is Cc1ccc(NC(=O)Nc2ncc(C(=O)Nc3ncc[nH]3)s2)c(N2CCCCC2)c1. The third kappa shape index (κ3) is 4.77. The lowest BCUT2D eigenvalue weighted by molar-refractivity contribution is 0.102. The quantitative estimate of drug-likeness (QED) is 0.492. The molecule has 1 aliphatic heterocycles. The number of aryl methyl sites for hydroxylation is 1. The summed E-state index contributed by atoms with van der Waals surface area (Å²) in [6.07, 6.45) is 8.13. The van der Waals surface area contributed by atoms with Crippen molar-refractivity contribution in [3.63, 3.8) is 0 Å². The van der Waals surface area contributed by atoms with Crippen LogP contribution < -0.4 is 20.9 Å². The van der Waals surface area contributed by atoms with Gasteiger partial charge in [-0.3, -0.25) is 15.4 Å². The Balaban J connectivity index is 1.40. The van der Waals surface area contributed by atoms with Crippen LogP contribution in [0, 0.1) is 6.92 Å². The fraction of sp³-hybridized carbons (Fsp3) is 0.300. The summed E-state index contributed by atoms with van der Waals surface area (Å²) in [7, 11) is 0. The molecule has 1 fully saturated rings. The van der Waals surface area contributed by atoms with Gasteiger partial charge < -0.3 is 15.2 Å². The molecule has 9 nitrogen and oxygen atoms in total. The van der Waals surface area contributed by atoms with E-state index in [1.54, 1.807) is 12.4 Å². The van der Waals surface area contributed by atoms with Crippen molar-refractivity contribution >= 4 is 45.7 Å². The largest absolute Gasteiger partial charge is 0.370 e. The van der Waals surface area contributed by atoms with E-state index in [2.05, 4.69) is 41.9 Å². The molecule has 3 amide bonds. The van der Waals surface area contributed by atoms with Gasteiger partial charge in [0, 0.05) is 25.5 Å². The van der Waals surface area contributed by atoms with E-state index in [9.17, 15) is 9.59 Å². The van der Waals surface area contributed by atoms with E-state index >= 15 is 0 Å². The van der Waals surface area contributed by atoms with E-state index in [0.717, 1.165) is 54.2 Å². The zero-order valence-corrected chi connectivity index (χ0v) is 17.4. The molecule has 0 unspecified atom stereocenters. The zero-order chi connectivity index (χ0) is 20.9. The summed E-state index contributed by atoms with van der Waals surface area (Å²) in [4.78, 5) is 38.3. The highest BCUT2D eigenvalue weighted by molar-refractivity contribution is 7.17. The molecule has 0 atom stereocenters. The Morgan fingerprint density at radius 1 is 1.10 bits per heavy atom. The summed E-state index contributed by atoms with van der Waals surface area (Å²) in [6.45, 7) is 4.02. The highest BCUT2D eigenvalue weighted by atomic mass is 32.1. The fourth-order valence-electron chi connectivity index (χ4n) is 3.33. The molecule has 156 valence electrons. The molecule has 3 heterocycles. The molecule has 1 aromatic carbocycles. The van der Waals surface area contributed by atoms with Gasteiger partial charge in [-0.1, -0.05) is 17.4 Å². The van der Waals surface area contributed by atoms with Crippen LogP contribution in [0.3, 0.4) is 0 Å². The van der Waals surface area contributed by atoms with Crippen molar-refractivity contribution < 1.29 is 9.59 Å². The number of benzene rings is 1. The summed E-state index contributed by atoms with van der Waals surface area (Å²) >= 11 is 1.09. The van der Waals surface area contributed by atoms with Gasteiger partial charge >= 0.3 is 6.03 Å². The molecule has 0 bridgehead atoms. The van der Waals surface area contributed by atoms with Gasteiger partial charge in [0.05, 0.1) is 17.6 Å². The summed E-state index contributed by atoms with van der Waals surface area (Å²) in [5.41, 5.74) is 2.93. The van der Waals surface area contributed by atoms with Gasteiger partial charge in [0.25, 0.3) is 5.91 Å². The van der Waals surface area contributed by atoms with Crippen LogP contribution in [-0.2, 0) is 0 Å². The van der Waals surface area contributed by atoms with Gasteiger partial charge in [0.2, 0.25) is 5.95 Å². The van der Waals surface area contributed by atoms with E-state index in [1.165, 1.54) is 12.6 Å². The monoisotopic (exact) mass is 425 g/mol. The number of urea groups is 1. The highest BCUT2D eigenvalue weighted by Gasteiger charge is 2.17. The molecule has 0 aliphatic carbocycles. The second kappa shape index (κ2) is 8.95. The van der Waals surface area contributed by atoms with Crippen LogP contribution in [0.15, 0.2) is 36.8 Å². The van der Waals surface area contributed by atoms with Crippen molar-refractivity contribution in [2.24, 2.45) is 0 Å². The molecule has 30 heavy (non-hydrogen) atoms. The number of aromatic amines is 1. The van der Waals surface area contributed by atoms with Crippen molar-refractivity contribution in [1.29, 1.82) is 0 Å². The van der Waals surface area contributed by atoms with E-state index in [-0.39, 0.29) is 5.91 Å². The van der Waals surface area contributed by atoms with Gasteiger partial charge in [-0.15, -0.1) is 0 Å². The van der Waals surface area contributed by atoms with Crippen LogP contribution in [0.2, 0.25) is 0 Å². The van der Waals surface area contributed by atoms with Crippen LogP contribution in [-0.4, -0.2) is 40.0 Å². The third-order valence-electron chi connectivity index (χ3n) is 4.78. The predicted octanol–water partition coefficient (Wildman–Crippen LogP) is 4.06. The van der Waals surface area contributed by atoms with Gasteiger partial charge in [0.15, 0.2) is 5.13 Å². The lowest BCUT2D eigenvalue weighted by Crippen LogP contribution is -2.31. The number of rotatable bonds is 5. The average molecular weight is 426 g/mol. The van der Waals surface area contributed by atoms with Crippen molar-refractivity contribution in [2.45, 2.75) is 26.2 Å². The Kier molecular flexibility index (Phi) is 5.94. The van der Waals surface area contributed by atoms with Gasteiger partial charge in [-0.05, 0) is 43.9 Å². The zero-order valence-electron chi connectivity index (χ0n) is 16.6. The minimum atomic E-state index is -0.399. The van der Waals surface area contributed by atoms with Crippen molar-refractivity contribution in [3.05, 3.63) is 47.2 Å². The Morgan fingerprint density at radius 2 is 1.93 bits per heavy atom. The number of thiazole rings is 1. The van der Waals surface area contributed by atoms with Gasteiger partial charge in [-0.25, -0.2) is 14.8 Å². The Hall–Kier alpha value is -3.40. The predicted molar refractivity (Wildman–Crippen MR) is 119 cm³/mol. The molecule has 0 spiro atoms. The molecule has 0 saturated carbocycles. The Morgan fingerprint density at radius 3 is 2.70 bits per heavy atom. The van der Waals surface area contributed by atoms with Crippen molar-refractivity contribution in [1.82, 2.24) is 15.0 Å². The Bertz CT molecular complexity index is 1030. The number of H-pyrrole nitrogens is 1. The summed E-state index contributed by atoms with van der Waals surface area (Å²) < 4.78 is 0. The van der Waals surface area contributed by atoms with E-state index in [4.69, 9.17) is 0 Å². The number of aromatic nitrogens is 3. The maximum Gasteiger partial charge on any atom is 0.325 e. The topological polar surface area (TPSA) is 115 Å². The van der Waals surface area contributed by atoms with Crippen molar-refractivity contribution in [2.75, 3.05) is 33.9 Å². The standard InChI is InChI=1S/C20H23N7O2S/c1-13-5-6-14(15(11-13)27-9-3-2-4-10-27)24-19(29)26-20-23-12-16(30-20)17(28)25-18-21-7-8-22-18/h5-8,11-12H,2-4,9-10H2,1H3,(H2,21,22,25,28)(H2,23,24,26,29). The molecular formula is C20H23N7O2S. The first-order valence-electron chi connectivity index (χ1n) is 9.78. The summed E-state index contributed by atoms with van der Waals surface area (Å²) in [5, 5.41) is 8.58. The first-order valence-corrected chi connectivity index (χ1v) is 10.6. The van der Waals surface area contributed by atoms with E-state index < -0.39 is 6.03 Å². The maximum absolute atomic E-state index is 12.5. The number of carbonyl (C=O) groups excluding carboxylic acids is 2. The molecule has 4 rings (SSSR count). The van der Waals surface area contributed by atoms with Gasteiger partial charge in [-0.2, -0.15) is 0 Å². The molecular weight excluding hydrogens is 402 g/mol. The van der Waals surface area contributed by atoms with Crippen LogP contribution in [0.4, 0.5) is 27.2 Å². The minimum absolute atomic E-state index is 0.337. The number of imidazole rings is 1. The lowest BCUT2D eigenvalue weighted by Gasteiger charge is -2.30. The molecule has 1 aliphatic rings. The van der Waals surface area contributed by atoms with Crippen LogP contribution in [0.25, 0.3) is 0 Å². The van der Waals surface area contributed by atoms with Crippen LogP contribution in [0.5, 0.6) is 0 Å². The molecule has 2 aromatic heterocycles. The number of anilines is 4. The number of hydrogen-bond acceptors (Lipinski definition) is 6. The molecule has 3 aromatic rings. The van der Waals surface area contributed by atoms with Crippen LogP contribution >= 0.6 is 11.3 Å². The lowest BCUT2D eigenvalue weighted by atomic mass is 10.1. The molecule has 1 saturated heterocycles. The summed E-state index contributed by atoms with van der Waals surface area (Å²) in [5.74, 6) is 0.00657. The summed E-state index contributed by atoms with van der Waals surface area (Å²) in [6, 6.07) is 5.60. The number of nitrogens with one attached hydrogen (secondary N) is 4. The molecule has 4 N–H and O–H groups in total. The number of amides is 3. The average Bonchev–Trinajstić information content (AvgIpc) is 3.42. The highest BCUT2D eigenvalue weighted by Crippen LogP contribution is 2.30. The number of hydrogen-bond donors (Lipinski definition) is 4. The molecule has 0 radical (unpaired) electrons. The first kappa shape index (κ1) is 19.9. The van der Waals surface area contributed by atoms with E-state index in [1.807, 2.05) is 19.1 Å². The number of piperidine rings is 1. The first-order chi connectivity index (χ1) is 14.6. The number of carbonyl (C=O) groups is 2. The van der Waals surface area contributed by atoms with E-state index in [0.29, 0.717) is 16.0 Å². The molecule has 10 heteroatoms. The second-order valence-electron chi connectivity index (χ2n) is 7.07. The maximum atomic E-state index is 12.5. The second-order valence-corrected chi connectivity index (χ2v) is 8.10. The van der Waals surface area contributed by atoms with Gasteiger partial charge in [0.1, 0.15) is 4.88 Å². The Labute approximate surface area is 177 Å². The minimum Gasteiger partial charge on any atom is -0.370 e. The third-order valence-corrected chi connectivity index (χ3v) is 5.69. The normalized spacial score (nSPS) is 13.7. The van der Waals surface area contributed by atoms with Crippen LogP contribution in [0.1, 0.15) is 34.5 Å².